The number of rotatable bonds is 11. The molecule has 0 saturated carbocycles. The first-order valence-electron chi connectivity index (χ1n) is 9.58. The minimum atomic E-state index is -0.0832. The predicted molar refractivity (Wildman–Crippen MR) is 125 cm³/mol. The van der Waals surface area contributed by atoms with Crippen LogP contribution in [-0.4, -0.2) is 43.2 Å². The van der Waals surface area contributed by atoms with Gasteiger partial charge < -0.3 is 15.4 Å². The smallest absolute Gasteiger partial charge is 0.261 e. The quantitative estimate of drug-likeness (QED) is 0.401. The summed E-state index contributed by atoms with van der Waals surface area (Å²) in [5, 5.41) is 6.55. The number of unbranched alkanes of at least 4 members (excludes halogenated alkanes) is 3. The molecule has 2 N–H and O–H groups in total. The second-order valence-electron chi connectivity index (χ2n) is 6.12. The molecule has 1 aromatic heterocycles. The van der Waals surface area contributed by atoms with Crippen molar-refractivity contribution in [2.24, 2.45) is 0 Å². The van der Waals surface area contributed by atoms with Gasteiger partial charge in [-0.2, -0.15) is 11.8 Å². The maximum Gasteiger partial charge on any atom is 0.261 e. The molecule has 0 aliphatic carbocycles. The molecule has 1 heterocycles. The molecule has 0 saturated heterocycles. The highest BCUT2D eigenvalue weighted by Crippen LogP contribution is 2.24. The summed E-state index contributed by atoms with van der Waals surface area (Å²) in [6.45, 7) is 2.87. The van der Waals surface area contributed by atoms with Crippen molar-refractivity contribution in [3.05, 3.63) is 35.2 Å². The van der Waals surface area contributed by atoms with Gasteiger partial charge in [0.2, 0.25) is 5.91 Å². The highest BCUT2D eigenvalue weighted by molar-refractivity contribution is 7.98. The maximum atomic E-state index is 12.1. The van der Waals surface area contributed by atoms with Gasteiger partial charge in [0.15, 0.2) is 0 Å². The fraction of sp³-hybridized carbons (Fsp3) is 0.476. The third-order valence-electron chi connectivity index (χ3n) is 3.94. The van der Waals surface area contributed by atoms with Gasteiger partial charge in [-0.1, -0.05) is 38.0 Å². The van der Waals surface area contributed by atoms with Gasteiger partial charge in [-0.05, 0) is 42.4 Å². The lowest BCUT2D eigenvalue weighted by Gasteiger charge is -2.04. The lowest BCUT2D eigenvalue weighted by atomic mass is 10.1. The number of aldehydes is 1. The lowest BCUT2D eigenvalue weighted by Crippen LogP contribution is -2.24. The van der Waals surface area contributed by atoms with E-state index in [2.05, 4.69) is 23.8 Å². The van der Waals surface area contributed by atoms with Crippen molar-refractivity contribution in [1.82, 2.24) is 10.6 Å². The molecule has 0 unspecified atom stereocenters. The first-order valence-corrected chi connectivity index (χ1v) is 11.8. The van der Waals surface area contributed by atoms with Gasteiger partial charge in [-0.3, -0.25) is 9.59 Å². The SMILES string of the molecule is CCSC.O=CCNC(=O)CCCCCCNC(=O)c1cc2ccccc2s1.[HH].[HH]. The van der Waals surface area contributed by atoms with Gasteiger partial charge >= 0.3 is 0 Å². The van der Waals surface area contributed by atoms with Crippen LogP contribution in [0, 0.1) is 0 Å². The third-order valence-corrected chi connectivity index (χ3v) is 5.63. The molecule has 158 valence electrons. The standard InChI is InChI=1S/C18H22N2O3S.C3H8S.2H2/c21-12-11-19-17(22)9-3-1-2-6-10-20-18(23)16-13-14-7-4-5-8-15(14)24-16;1-3-4-2;;/h4-5,7-8,12-13H,1-3,6,9-11H2,(H,19,22)(H,20,23);3H2,1-2H3;2*1H. The summed E-state index contributed by atoms with van der Waals surface area (Å²) in [4.78, 5) is 34.3. The average molecular weight is 427 g/mol. The van der Waals surface area contributed by atoms with Crippen molar-refractivity contribution in [2.45, 2.75) is 39.0 Å². The van der Waals surface area contributed by atoms with Crippen LogP contribution < -0.4 is 10.6 Å². The summed E-state index contributed by atoms with van der Waals surface area (Å²) < 4.78 is 1.12. The Balaban J connectivity index is 0. The van der Waals surface area contributed by atoms with Crippen LogP contribution in [0.1, 0.15) is 51.6 Å². The highest BCUT2D eigenvalue weighted by atomic mass is 32.2. The van der Waals surface area contributed by atoms with Crippen molar-refractivity contribution < 1.29 is 17.2 Å². The summed E-state index contributed by atoms with van der Waals surface area (Å²) in [6, 6.07) is 9.89. The number of carbonyl (C=O) groups excluding carboxylic acids is 3. The second kappa shape index (κ2) is 15.1. The number of fused-ring (bicyclic) bond motifs is 1. The number of nitrogens with one attached hydrogen (secondary N) is 2. The van der Waals surface area contributed by atoms with Crippen LogP contribution in [0.3, 0.4) is 0 Å². The van der Waals surface area contributed by atoms with Gasteiger partial charge in [0.1, 0.15) is 6.29 Å². The van der Waals surface area contributed by atoms with Crippen molar-refractivity contribution in [2.75, 3.05) is 25.1 Å². The van der Waals surface area contributed by atoms with E-state index in [1.165, 1.54) is 17.1 Å². The molecule has 0 radical (unpaired) electrons. The average Bonchev–Trinajstić information content (AvgIpc) is 3.16. The number of hydrogen-bond acceptors (Lipinski definition) is 5. The first-order chi connectivity index (χ1) is 13.6. The van der Waals surface area contributed by atoms with Gasteiger partial charge in [0.05, 0.1) is 11.4 Å². The second-order valence-corrected chi connectivity index (χ2v) is 8.36. The van der Waals surface area contributed by atoms with Gasteiger partial charge in [0, 0.05) is 20.5 Å². The molecule has 0 spiro atoms. The molecule has 0 atom stereocenters. The van der Waals surface area contributed by atoms with E-state index < -0.39 is 0 Å². The Labute approximate surface area is 178 Å². The fourth-order valence-electron chi connectivity index (χ4n) is 2.39. The van der Waals surface area contributed by atoms with Crippen LogP contribution in [0.2, 0.25) is 0 Å². The minimum Gasteiger partial charge on any atom is -0.351 e. The lowest BCUT2D eigenvalue weighted by molar-refractivity contribution is -0.122. The zero-order valence-corrected chi connectivity index (χ0v) is 18.3. The molecule has 1 aromatic carbocycles. The molecule has 2 amide bonds. The van der Waals surface area contributed by atoms with Gasteiger partial charge in [-0.15, -0.1) is 11.3 Å². The zero-order valence-electron chi connectivity index (χ0n) is 16.7. The van der Waals surface area contributed by atoms with Crippen LogP contribution in [0.4, 0.5) is 0 Å². The molecule has 7 heteroatoms. The molecule has 2 rings (SSSR count). The number of carbonyl (C=O) groups is 3. The molecular weight excluding hydrogens is 392 g/mol. The first kappa shape index (κ1) is 24.2. The Morgan fingerprint density at radius 1 is 1.14 bits per heavy atom. The number of thioether (sulfide) groups is 1. The van der Waals surface area contributed by atoms with Crippen LogP contribution in [0.25, 0.3) is 10.1 Å². The monoisotopic (exact) mass is 426 g/mol. The summed E-state index contributed by atoms with van der Waals surface area (Å²) >= 11 is 3.36. The molecule has 5 nitrogen and oxygen atoms in total. The van der Waals surface area contributed by atoms with Crippen LogP contribution in [0.15, 0.2) is 30.3 Å². The summed E-state index contributed by atoms with van der Waals surface area (Å²) in [5.41, 5.74) is 0. The van der Waals surface area contributed by atoms with E-state index in [9.17, 15) is 14.4 Å². The van der Waals surface area contributed by atoms with Gasteiger partial charge in [-0.25, -0.2) is 0 Å². The Morgan fingerprint density at radius 3 is 2.54 bits per heavy atom. The normalized spacial score (nSPS) is 10.1. The van der Waals surface area contributed by atoms with E-state index in [0.717, 1.165) is 40.6 Å². The molecule has 0 bridgehead atoms. The van der Waals surface area contributed by atoms with Crippen LogP contribution in [0.5, 0.6) is 0 Å². The summed E-state index contributed by atoms with van der Waals surface area (Å²) in [6.07, 6.45) is 6.82. The number of thiophene rings is 1. The van der Waals surface area contributed by atoms with Crippen molar-refractivity contribution in [3.8, 4) is 0 Å². The molecule has 2 aromatic rings. The van der Waals surface area contributed by atoms with Crippen molar-refractivity contribution in [1.29, 1.82) is 0 Å². The van der Waals surface area contributed by atoms with Crippen molar-refractivity contribution >= 4 is 51.3 Å². The van der Waals surface area contributed by atoms with E-state index in [4.69, 9.17) is 0 Å². The fourth-order valence-corrected chi connectivity index (χ4v) is 3.37. The van der Waals surface area contributed by atoms with E-state index in [-0.39, 0.29) is 21.2 Å². The predicted octanol–water partition coefficient (Wildman–Crippen LogP) is 4.76. The van der Waals surface area contributed by atoms with Crippen LogP contribution >= 0.6 is 23.1 Å². The van der Waals surface area contributed by atoms with Crippen molar-refractivity contribution in [3.63, 3.8) is 0 Å². The highest BCUT2D eigenvalue weighted by Gasteiger charge is 2.09. The third kappa shape index (κ3) is 9.90. The molecule has 0 fully saturated rings. The Hall–Kier alpha value is -1.86. The zero-order chi connectivity index (χ0) is 20.6. The Morgan fingerprint density at radius 2 is 1.86 bits per heavy atom. The number of amides is 2. The van der Waals surface area contributed by atoms with E-state index in [1.54, 1.807) is 0 Å². The number of benzene rings is 1. The molecule has 0 aliphatic heterocycles. The Bertz CT molecular complexity index is 707. The molecule has 28 heavy (non-hydrogen) atoms. The largest absolute Gasteiger partial charge is 0.351 e. The van der Waals surface area contributed by atoms with E-state index in [0.29, 0.717) is 19.3 Å². The molecule has 0 aliphatic rings. The van der Waals surface area contributed by atoms with Gasteiger partial charge in [0.25, 0.3) is 5.91 Å². The summed E-state index contributed by atoms with van der Waals surface area (Å²) in [5.74, 6) is 1.13. The maximum absolute atomic E-state index is 12.1. The minimum absolute atomic E-state index is 0. The van der Waals surface area contributed by atoms with Crippen LogP contribution in [-0.2, 0) is 9.59 Å². The van der Waals surface area contributed by atoms with E-state index >= 15 is 0 Å². The molecular formula is C21H34N2O3S2. The topological polar surface area (TPSA) is 75.3 Å². The van der Waals surface area contributed by atoms with E-state index in [1.807, 2.05) is 42.1 Å². The number of hydrogen-bond donors (Lipinski definition) is 2. The summed E-state index contributed by atoms with van der Waals surface area (Å²) in [7, 11) is 0. The Kier molecular flexibility index (Phi) is 13.0.